The number of nitrogens with one attached hydrogen (secondary N) is 1. The molecular weight excluding hydrogens is 244 g/mol. The van der Waals surface area contributed by atoms with Gasteiger partial charge in [-0.15, -0.1) is 0 Å². The standard InChI is InChI=1S/C14H18N2O3/c1-8-9(2)13(18-5)10(6-11(8)17-4)12-7-16-14(15-3)19-12/h6-7H,1-5H3,(H,15,16). The van der Waals surface area contributed by atoms with Gasteiger partial charge in [0.1, 0.15) is 11.5 Å². The number of rotatable bonds is 4. The molecule has 0 bridgehead atoms. The summed E-state index contributed by atoms with van der Waals surface area (Å²) in [5.74, 6) is 2.22. The van der Waals surface area contributed by atoms with Crippen LogP contribution in [0.1, 0.15) is 11.1 Å². The quantitative estimate of drug-likeness (QED) is 0.917. The first-order chi connectivity index (χ1) is 9.12. The summed E-state index contributed by atoms with van der Waals surface area (Å²) in [5.41, 5.74) is 2.91. The van der Waals surface area contributed by atoms with Gasteiger partial charge in [-0.25, -0.2) is 4.98 Å². The maximum absolute atomic E-state index is 5.60. The molecule has 2 rings (SSSR count). The molecule has 19 heavy (non-hydrogen) atoms. The molecule has 0 radical (unpaired) electrons. The zero-order chi connectivity index (χ0) is 14.0. The van der Waals surface area contributed by atoms with Crippen molar-refractivity contribution >= 4 is 6.01 Å². The Morgan fingerprint density at radius 3 is 2.42 bits per heavy atom. The summed E-state index contributed by atoms with van der Waals surface area (Å²) >= 11 is 0. The van der Waals surface area contributed by atoms with Crippen molar-refractivity contribution in [2.75, 3.05) is 26.6 Å². The monoisotopic (exact) mass is 262 g/mol. The predicted octanol–water partition coefficient (Wildman–Crippen LogP) is 3.02. The van der Waals surface area contributed by atoms with Gasteiger partial charge in [0, 0.05) is 7.05 Å². The molecule has 0 atom stereocenters. The van der Waals surface area contributed by atoms with Crippen LogP contribution in [0.3, 0.4) is 0 Å². The van der Waals surface area contributed by atoms with Crippen LogP contribution in [0.25, 0.3) is 11.3 Å². The highest BCUT2D eigenvalue weighted by atomic mass is 16.5. The normalized spacial score (nSPS) is 10.4. The van der Waals surface area contributed by atoms with Crippen LogP contribution in [0.4, 0.5) is 6.01 Å². The second-order valence-corrected chi connectivity index (χ2v) is 4.19. The molecule has 1 N–H and O–H groups in total. The Morgan fingerprint density at radius 1 is 1.16 bits per heavy atom. The molecule has 0 unspecified atom stereocenters. The zero-order valence-electron chi connectivity index (χ0n) is 11.8. The first kappa shape index (κ1) is 13.3. The predicted molar refractivity (Wildman–Crippen MR) is 74.1 cm³/mol. The topological polar surface area (TPSA) is 56.5 Å². The lowest BCUT2D eigenvalue weighted by Gasteiger charge is -2.15. The molecule has 1 aromatic carbocycles. The summed E-state index contributed by atoms with van der Waals surface area (Å²) in [4.78, 5) is 4.12. The molecule has 0 saturated carbocycles. The van der Waals surface area contributed by atoms with Gasteiger partial charge < -0.3 is 19.2 Å². The molecule has 0 fully saturated rings. The highest BCUT2D eigenvalue weighted by molar-refractivity contribution is 5.72. The number of benzene rings is 1. The van der Waals surface area contributed by atoms with Gasteiger partial charge in [-0.05, 0) is 31.0 Å². The number of aromatic nitrogens is 1. The van der Waals surface area contributed by atoms with Crippen LogP contribution in [0.2, 0.25) is 0 Å². The van der Waals surface area contributed by atoms with Gasteiger partial charge in [0.05, 0.1) is 26.0 Å². The first-order valence-corrected chi connectivity index (χ1v) is 5.98. The summed E-state index contributed by atoms with van der Waals surface area (Å²) in [6.07, 6.45) is 1.66. The number of ether oxygens (including phenoxy) is 2. The molecule has 1 aromatic heterocycles. The third kappa shape index (κ3) is 2.23. The van der Waals surface area contributed by atoms with E-state index in [-0.39, 0.29) is 0 Å². The van der Waals surface area contributed by atoms with Crippen molar-refractivity contribution in [3.63, 3.8) is 0 Å². The van der Waals surface area contributed by atoms with E-state index in [0.717, 1.165) is 28.2 Å². The van der Waals surface area contributed by atoms with E-state index in [0.29, 0.717) is 11.8 Å². The minimum absolute atomic E-state index is 0.467. The van der Waals surface area contributed by atoms with Gasteiger partial charge in [-0.2, -0.15) is 0 Å². The molecule has 0 aliphatic carbocycles. The fraction of sp³-hybridized carbons (Fsp3) is 0.357. The Balaban J connectivity index is 2.64. The van der Waals surface area contributed by atoms with E-state index in [4.69, 9.17) is 13.9 Å². The Labute approximate surface area is 112 Å². The largest absolute Gasteiger partial charge is 0.496 e. The maximum atomic E-state index is 5.60. The fourth-order valence-electron chi connectivity index (χ4n) is 2.03. The van der Waals surface area contributed by atoms with Crippen LogP contribution in [0.15, 0.2) is 16.7 Å². The van der Waals surface area contributed by atoms with Crippen LogP contribution in [-0.4, -0.2) is 26.3 Å². The molecule has 5 nitrogen and oxygen atoms in total. The lowest BCUT2D eigenvalue weighted by Crippen LogP contribution is -1.97. The summed E-state index contributed by atoms with van der Waals surface area (Å²) < 4.78 is 16.5. The lowest BCUT2D eigenvalue weighted by molar-refractivity contribution is 0.398. The molecule has 0 aliphatic heterocycles. The fourth-order valence-corrected chi connectivity index (χ4v) is 2.03. The van der Waals surface area contributed by atoms with Crippen molar-refractivity contribution in [1.29, 1.82) is 0 Å². The average Bonchev–Trinajstić information content (AvgIpc) is 2.90. The van der Waals surface area contributed by atoms with Gasteiger partial charge in [0.2, 0.25) is 0 Å². The van der Waals surface area contributed by atoms with E-state index in [9.17, 15) is 0 Å². The van der Waals surface area contributed by atoms with Crippen molar-refractivity contribution in [1.82, 2.24) is 4.98 Å². The van der Waals surface area contributed by atoms with Crippen LogP contribution in [0, 0.1) is 13.8 Å². The lowest BCUT2D eigenvalue weighted by atomic mass is 10.0. The van der Waals surface area contributed by atoms with Crippen molar-refractivity contribution in [2.45, 2.75) is 13.8 Å². The number of oxazole rings is 1. The molecule has 0 aliphatic rings. The van der Waals surface area contributed by atoms with Gasteiger partial charge in [0.15, 0.2) is 5.76 Å². The third-order valence-electron chi connectivity index (χ3n) is 3.20. The Kier molecular flexibility index (Phi) is 3.64. The SMILES string of the molecule is CNc1ncc(-c2cc(OC)c(C)c(C)c2OC)o1. The minimum atomic E-state index is 0.467. The molecule has 0 saturated heterocycles. The molecule has 0 amide bonds. The van der Waals surface area contributed by atoms with Crippen molar-refractivity contribution in [2.24, 2.45) is 0 Å². The van der Waals surface area contributed by atoms with Crippen LogP contribution >= 0.6 is 0 Å². The summed E-state index contributed by atoms with van der Waals surface area (Å²) in [6.45, 7) is 4.00. The van der Waals surface area contributed by atoms with Crippen LogP contribution in [0.5, 0.6) is 11.5 Å². The summed E-state index contributed by atoms with van der Waals surface area (Å²) in [5, 5.41) is 2.86. The van der Waals surface area contributed by atoms with Gasteiger partial charge in [0.25, 0.3) is 6.01 Å². The second-order valence-electron chi connectivity index (χ2n) is 4.19. The van der Waals surface area contributed by atoms with E-state index in [1.165, 1.54) is 0 Å². The average molecular weight is 262 g/mol. The summed E-state index contributed by atoms with van der Waals surface area (Å²) in [6, 6.07) is 2.37. The number of nitrogens with zero attached hydrogens (tertiary/aromatic N) is 1. The molecule has 5 heteroatoms. The molecule has 2 aromatic rings. The highest BCUT2D eigenvalue weighted by Gasteiger charge is 2.18. The minimum Gasteiger partial charge on any atom is -0.496 e. The number of methoxy groups -OCH3 is 2. The van der Waals surface area contributed by atoms with Crippen molar-refractivity contribution < 1.29 is 13.9 Å². The van der Waals surface area contributed by atoms with Crippen molar-refractivity contribution in [3.8, 4) is 22.8 Å². The molecule has 0 spiro atoms. The van der Waals surface area contributed by atoms with E-state index in [1.54, 1.807) is 27.5 Å². The van der Waals surface area contributed by atoms with Gasteiger partial charge >= 0.3 is 0 Å². The van der Waals surface area contributed by atoms with E-state index < -0.39 is 0 Å². The van der Waals surface area contributed by atoms with Crippen LogP contribution in [-0.2, 0) is 0 Å². The summed E-state index contributed by atoms with van der Waals surface area (Å²) in [7, 11) is 5.05. The smallest absolute Gasteiger partial charge is 0.294 e. The first-order valence-electron chi connectivity index (χ1n) is 5.98. The van der Waals surface area contributed by atoms with E-state index in [1.807, 2.05) is 19.9 Å². The number of anilines is 1. The Morgan fingerprint density at radius 2 is 1.89 bits per heavy atom. The molecule has 102 valence electrons. The van der Waals surface area contributed by atoms with Crippen molar-refractivity contribution in [3.05, 3.63) is 23.4 Å². The number of hydrogen-bond acceptors (Lipinski definition) is 5. The zero-order valence-corrected chi connectivity index (χ0v) is 11.8. The third-order valence-corrected chi connectivity index (χ3v) is 3.20. The van der Waals surface area contributed by atoms with E-state index in [2.05, 4.69) is 10.3 Å². The second kappa shape index (κ2) is 5.22. The molecular formula is C14H18N2O3. The van der Waals surface area contributed by atoms with Crippen LogP contribution < -0.4 is 14.8 Å². The highest BCUT2D eigenvalue weighted by Crippen LogP contribution is 2.40. The van der Waals surface area contributed by atoms with Gasteiger partial charge in [-0.3, -0.25) is 0 Å². The number of hydrogen-bond donors (Lipinski definition) is 1. The Bertz CT molecular complexity index is 591. The Hall–Kier alpha value is -2.17. The maximum Gasteiger partial charge on any atom is 0.294 e. The van der Waals surface area contributed by atoms with Gasteiger partial charge in [-0.1, -0.05) is 0 Å². The molecule has 1 heterocycles. The van der Waals surface area contributed by atoms with E-state index >= 15 is 0 Å².